The van der Waals surface area contributed by atoms with E-state index in [0.717, 1.165) is 15.2 Å². The van der Waals surface area contributed by atoms with Gasteiger partial charge in [0, 0.05) is 4.48 Å². The number of thiol groups is 1. The summed E-state index contributed by atoms with van der Waals surface area (Å²) in [5, 5.41) is 0.790. The summed E-state index contributed by atoms with van der Waals surface area (Å²) >= 11 is 7.82. The zero-order chi connectivity index (χ0) is 10.5. The lowest BCUT2D eigenvalue weighted by Gasteiger charge is -2.30. The number of rotatable bonds is 0. The topological polar surface area (TPSA) is 12.4 Å². The summed E-state index contributed by atoms with van der Waals surface area (Å²) in [5.74, 6) is 0. The molecule has 1 spiro atoms. The van der Waals surface area contributed by atoms with Crippen LogP contribution in [-0.2, 0) is 0 Å². The molecule has 1 heterocycles. The predicted molar refractivity (Wildman–Crippen MR) is 70.3 cm³/mol. The molecule has 2 aliphatic carbocycles. The Balaban J connectivity index is 2.25. The Bertz CT molecular complexity index is 520. The molecule has 3 rings (SSSR count). The van der Waals surface area contributed by atoms with Gasteiger partial charge in [0.15, 0.2) is 0 Å². The molecule has 1 nitrogen and oxygen atoms in total. The van der Waals surface area contributed by atoms with Gasteiger partial charge in [-0.3, -0.25) is 0 Å². The van der Waals surface area contributed by atoms with Gasteiger partial charge in [-0.25, -0.2) is 4.99 Å². The lowest BCUT2D eigenvalue weighted by molar-refractivity contribution is 0.839. The van der Waals surface area contributed by atoms with Gasteiger partial charge in [-0.05, 0) is 23.8 Å². The molecule has 0 radical (unpaired) electrons. The maximum atomic E-state index is 4.43. The minimum atomic E-state index is -0.164. The molecule has 1 unspecified atom stereocenters. The number of hydrogen-bond donors (Lipinski definition) is 1. The van der Waals surface area contributed by atoms with Crippen molar-refractivity contribution in [2.24, 2.45) is 10.4 Å². The van der Waals surface area contributed by atoms with Crippen molar-refractivity contribution < 1.29 is 0 Å². The Kier molecular flexibility index (Phi) is 1.94. The van der Waals surface area contributed by atoms with Gasteiger partial charge < -0.3 is 0 Å². The minimum absolute atomic E-state index is 0.164. The Labute approximate surface area is 102 Å². The third-order valence-electron chi connectivity index (χ3n) is 2.82. The molecular weight excluding hydrogens is 270 g/mol. The number of aliphatic imine (C=N–C) groups is 1. The third-order valence-corrected chi connectivity index (χ3v) is 3.54. The van der Waals surface area contributed by atoms with Crippen LogP contribution < -0.4 is 0 Å². The number of hydrogen-bond acceptors (Lipinski definition) is 2. The average molecular weight is 278 g/mol. The molecule has 0 aromatic carbocycles. The van der Waals surface area contributed by atoms with Gasteiger partial charge in [0.1, 0.15) is 0 Å². The van der Waals surface area contributed by atoms with Crippen molar-refractivity contribution in [2.75, 3.05) is 0 Å². The molecule has 3 heteroatoms. The van der Waals surface area contributed by atoms with E-state index in [1.54, 1.807) is 0 Å². The Morgan fingerprint density at radius 2 is 2.20 bits per heavy atom. The van der Waals surface area contributed by atoms with E-state index in [2.05, 4.69) is 63.9 Å². The molecule has 74 valence electrons. The fraction of sp³-hybridized carbons (Fsp3) is 0.0833. The van der Waals surface area contributed by atoms with E-state index < -0.39 is 0 Å². The zero-order valence-corrected chi connectivity index (χ0v) is 10.3. The Morgan fingerprint density at radius 3 is 3.07 bits per heavy atom. The minimum Gasteiger partial charge on any atom is -0.245 e. The van der Waals surface area contributed by atoms with Gasteiger partial charge in [0.05, 0.1) is 16.2 Å². The number of halogens is 1. The van der Waals surface area contributed by atoms with Crippen molar-refractivity contribution in [3.8, 4) is 0 Å². The third kappa shape index (κ3) is 1.26. The standard InChI is InChI=1S/C12H8BrNS/c13-9-4-5-12-7-11(15)14-10(12)3-1-2-8(12)6-9/h1-7,15H. The fourth-order valence-corrected chi connectivity index (χ4v) is 2.81. The molecule has 0 fully saturated rings. The first kappa shape index (κ1) is 9.43. The van der Waals surface area contributed by atoms with Crippen LogP contribution in [0.25, 0.3) is 0 Å². The van der Waals surface area contributed by atoms with Crippen molar-refractivity contribution in [2.45, 2.75) is 0 Å². The molecule has 15 heavy (non-hydrogen) atoms. The van der Waals surface area contributed by atoms with Crippen LogP contribution in [0.5, 0.6) is 0 Å². The van der Waals surface area contributed by atoms with E-state index in [-0.39, 0.29) is 5.41 Å². The highest BCUT2D eigenvalue weighted by atomic mass is 79.9. The van der Waals surface area contributed by atoms with Crippen LogP contribution in [0.4, 0.5) is 0 Å². The first-order valence-corrected chi connectivity index (χ1v) is 5.91. The predicted octanol–water partition coefficient (Wildman–Crippen LogP) is 3.54. The summed E-state index contributed by atoms with van der Waals surface area (Å²) in [5.41, 5.74) is 2.13. The van der Waals surface area contributed by atoms with Gasteiger partial charge in [-0.2, -0.15) is 0 Å². The van der Waals surface area contributed by atoms with E-state index in [9.17, 15) is 0 Å². The highest BCUT2D eigenvalue weighted by molar-refractivity contribution is 9.11. The summed E-state index contributed by atoms with van der Waals surface area (Å²) < 4.78 is 1.09. The van der Waals surface area contributed by atoms with E-state index in [1.165, 1.54) is 5.57 Å². The summed E-state index contributed by atoms with van der Waals surface area (Å²) in [6, 6.07) is 0. The SMILES string of the molecule is SC1=CC23C=CC(Br)=CC2=CC=CC3=N1. The largest absolute Gasteiger partial charge is 0.245 e. The highest BCUT2D eigenvalue weighted by Crippen LogP contribution is 2.45. The molecule has 3 aliphatic rings. The monoisotopic (exact) mass is 277 g/mol. The van der Waals surface area contributed by atoms with Crippen molar-refractivity contribution in [3.63, 3.8) is 0 Å². The van der Waals surface area contributed by atoms with Gasteiger partial charge in [-0.1, -0.05) is 40.2 Å². The lowest BCUT2D eigenvalue weighted by Crippen LogP contribution is -2.28. The van der Waals surface area contributed by atoms with Crippen LogP contribution in [0.1, 0.15) is 0 Å². The van der Waals surface area contributed by atoms with Crippen molar-refractivity contribution >= 4 is 34.3 Å². The molecule has 0 N–H and O–H groups in total. The quantitative estimate of drug-likeness (QED) is 0.651. The average Bonchev–Trinajstić information content (AvgIpc) is 2.52. The van der Waals surface area contributed by atoms with Gasteiger partial charge in [0.25, 0.3) is 0 Å². The lowest BCUT2D eigenvalue weighted by atomic mass is 9.72. The molecule has 1 aliphatic heterocycles. The van der Waals surface area contributed by atoms with E-state index in [0.29, 0.717) is 0 Å². The van der Waals surface area contributed by atoms with Crippen LogP contribution >= 0.6 is 28.6 Å². The maximum Gasteiger partial charge on any atom is 0.0909 e. The van der Waals surface area contributed by atoms with Crippen molar-refractivity contribution in [3.05, 3.63) is 57.6 Å². The molecule has 1 atom stereocenters. The summed E-state index contributed by atoms with van der Waals surface area (Å²) in [4.78, 5) is 4.43. The second-order valence-electron chi connectivity index (χ2n) is 3.71. The molecule has 0 aromatic heterocycles. The van der Waals surface area contributed by atoms with Gasteiger partial charge in [0.2, 0.25) is 0 Å². The second kappa shape index (κ2) is 3.09. The second-order valence-corrected chi connectivity index (χ2v) is 5.09. The first-order valence-electron chi connectivity index (χ1n) is 4.67. The van der Waals surface area contributed by atoms with E-state index >= 15 is 0 Å². The van der Waals surface area contributed by atoms with Crippen LogP contribution in [0.15, 0.2) is 62.6 Å². The normalized spacial score (nSPS) is 31.3. The van der Waals surface area contributed by atoms with E-state index in [4.69, 9.17) is 0 Å². The smallest absolute Gasteiger partial charge is 0.0909 e. The maximum absolute atomic E-state index is 4.43. The fourth-order valence-electron chi connectivity index (χ4n) is 2.12. The molecular formula is C12H8BrNS. The van der Waals surface area contributed by atoms with Crippen molar-refractivity contribution in [1.82, 2.24) is 0 Å². The Morgan fingerprint density at radius 1 is 1.33 bits per heavy atom. The van der Waals surface area contributed by atoms with Gasteiger partial charge in [-0.15, -0.1) is 12.6 Å². The highest BCUT2D eigenvalue weighted by Gasteiger charge is 2.39. The Hall–Kier alpha value is -0.800. The summed E-state index contributed by atoms with van der Waals surface area (Å²) in [7, 11) is 0. The molecule has 0 saturated carbocycles. The number of allylic oxidation sites excluding steroid dienone is 9. The number of nitrogens with zero attached hydrogens (tertiary/aromatic N) is 1. The van der Waals surface area contributed by atoms with Crippen LogP contribution in [0.2, 0.25) is 0 Å². The summed E-state index contributed by atoms with van der Waals surface area (Å²) in [6.07, 6.45) is 14.6. The zero-order valence-electron chi connectivity index (χ0n) is 7.81. The molecule has 0 saturated heterocycles. The van der Waals surface area contributed by atoms with E-state index in [1.807, 2.05) is 12.2 Å². The van der Waals surface area contributed by atoms with Crippen LogP contribution in [0.3, 0.4) is 0 Å². The molecule has 0 aromatic rings. The van der Waals surface area contributed by atoms with Crippen LogP contribution in [0, 0.1) is 5.41 Å². The van der Waals surface area contributed by atoms with Crippen molar-refractivity contribution in [1.29, 1.82) is 0 Å². The first-order chi connectivity index (χ1) is 7.21. The summed E-state index contributed by atoms with van der Waals surface area (Å²) in [6.45, 7) is 0. The molecule has 0 bridgehead atoms. The van der Waals surface area contributed by atoms with Crippen LogP contribution in [-0.4, -0.2) is 5.71 Å². The van der Waals surface area contributed by atoms with Gasteiger partial charge >= 0.3 is 0 Å². The molecule has 0 amide bonds.